The van der Waals surface area contributed by atoms with Crippen LogP contribution in [0.3, 0.4) is 0 Å². The van der Waals surface area contributed by atoms with E-state index in [9.17, 15) is 13.2 Å². The Morgan fingerprint density at radius 2 is 2.00 bits per heavy atom. The van der Waals surface area contributed by atoms with E-state index >= 15 is 0 Å². The summed E-state index contributed by atoms with van der Waals surface area (Å²) in [4.78, 5) is 14.6. The third-order valence-electron chi connectivity index (χ3n) is 4.56. The Bertz CT molecular complexity index is 979. The third-order valence-corrected chi connectivity index (χ3v) is 6.19. The van der Waals surface area contributed by atoms with Crippen LogP contribution in [0, 0.1) is 13.8 Å². The number of rotatable bonds is 5. The normalized spacial score (nSPS) is 12.5. The maximum absolute atomic E-state index is 10.6. The lowest BCUT2D eigenvalue weighted by atomic mass is 10.1. The summed E-state index contributed by atoms with van der Waals surface area (Å²) in [5.74, 6) is -2.76. The summed E-state index contributed by atoms with van der Waals surface area (Å²) in [6.45, 7) is 10.6. The minimum atomic E-state index is -5.08. The number of nitrogens with one attached hydrogen (secondary N) is 1. The average molecular weight is 427 g/mol. The Morgan fingerprint density at radius 1 is 1.34 bits per heavy atom. The van der Waals surface area contributed by atoms with Crippen LogP contribution in [0.25, 0.3) is 10.1 Å². The van der Waals surface area contributed by atoms with E-state index in [2.05, 4.69) is 60.8 Å². The van der Waals surface area contributed by atoms with E-state index in [0.29, 0.717) is 6.04 Å². The first-order chi connectivity index (χ1) is 13.6. The summed E-state index contributed by atoms with van der Waals surface area (Å²) < 4.78 is 35.3. The SMILES string of the molecule is CCn1cncc1CNC(C)c1sc2c(C)cccc2c1C.O=C(O)C(F)(F)F. The fourth-order valence-corrected chi connectivity index (χ4v) is 4.25. The summed E-state index contributed by atoms with van der Waals surface area (Å²) in [6.07, 6.45) is -1.24. The molecular weight excluding hydrogens is 403 g/mol. The van der Waals surface area contributed by atoms with Gasteiger partial charge in [-0.15, -0.1) is 11.3 Å². The number of carboxylic acids is 1. The average Bonchev–Trinajstić information content (AvgIpc) is 3.25. The van der Waals surface area contributed by atoms with E-state index in [1.165, 1.54) is 31.8 Å². The van der Waals surface area contributed by atoms with Crippen molar-refractivity contribution in [3.05, 3.63) is 52.4 Å². The molecule has 0 aliphatic rings. The first-order valence-electron chi connectivity index (χ1n) is 9.07. The van der Waals surface area contributed by atoms with Gasteiger partial charge >= 0.3 is 12.1 Å². The van der Waals surface area contributed by atoms with Crippen LogP contribution >= 0.6 is 11.3 Å². The molecule has 2 aromatic heterocycles. The predicted molar refractivity (Wildman–Crippen MR) is 108 cm³/mol. The van der Waals surface area contributed by atoms with E-state index < -0.39 is 12.1 Å². The minimum Gasteiger partial charge on any atom is -0.475 e. The molecule has 0 saturated carbocycles. The van der Waals surface area contributed by atoms with E-state index in [1.54, 1.807) is 0 Å². The number of alkyl halides is 3. The molecule has 5 nitrogen and oxygen atoms in total. The van der Waals surface area contributed by atoms with Crippen molar-refractivity contribution in [1.29, 1.82) is 0 Å². The van der Waals surface area contributed by atoms with Crippen LogP contribution in [0.4, 0.5) is 13.2 Å². The highest BCUT2D eigenvalue weighted by Gasteiger charge is 2.38. The Labute approximate surface area is 171 Å². The molecule has 1 atom stereocenters. The number of hydrogen-bond acceptors (Lipinski definition) is 4. The third kappa shape index (κ3) is 5.57. The summed E-state index contributed by atoms with van der Waals surface area (Å²) in [7, 11) is 0. The number of benzene rings is 1. The molecule has 29 heavy (non-hydrogen) atoms. The van der Waals surface area contributed by atoms with Crippen molar-refractivity contribution < 1.29 is 23.1 Å². The molecular formula is C20H24F3N3O2S. The standard InChI is InChI=1S/C18H23N3S.C2HF3O2/c1-5-21-11-19-9-15(21)10-20-14(4)18-13(3)16-8-6-7-12(2)17(16)22-18;3-2(4,5)1(6)7/h6-9,11,14,20H,5,10H2,1-4H3;(H,6,7). The first kappa shape index (κ1) is 22.9. The Morgan fingerprint density at radius 3 is 2.55 bits per heavy atom. The summed E-state index contributed by atoms with van der Waals surface area (Å²) in [6, 6.07) is 6.92. The van der Waals surface area contributed by atoms with Gasteiger partial charge in [0.2, 0.25) is 0 Å². The number of aryl methyl sites for hydroxylation is 3. The number of fused-ring (bicyclic) bond motifs is 1. The van der Waals surface area contributed by atoms with Crippen molar-refractivity contribution in [2.24, 2.45) is 0 Å². The molecule has 3 aromatic rings. The molecule has 0 spiro atoms. The van der Waals surface area contributed by atoms with Crippen LogP contribution in [0.1, 0.15) is 41.6 Å². The van der Waals surface area contributed by atoms with Gasteiger partial charge in [-0.25, -0.2) is 9.78 Å². The minimum absolute atomic E-state index is 0.344. The van der Waals surface area contributed by atoms with E-state index in [4.69, 9.17) is 9.90 Å². The van der Waals surface area contributed by atoms with Crippen LogP contribution in [-0.4, -0.2) is 26.8 Å². The fraction of sp³-hybridized carbons (Fsp3) is 0.400. The van der Waals surface area contributed by atoms with Gasteiger partial charge in [-0.3, -0.25) is 0 Å². The number of hydrogen-bond donors (Lipinski definition) is 2. The van der Waals surface area contributed by atoms with Gasteiger partial charge in [0.25, 0.3) is 0 Å². The molecule has 0 saturated heterocycles. The number of aromatic nitrogens is 2. The summed E-state index contributed by atoms with van der Waals surface area (Å²) in [5, 5.41) is 12.2. The highest BCUT2D eigenvalue weighted by Crippen LogP contribution is 2.36. The summed E-state index contributed by atoms with van der Waals surface area (Å²) >= 11 is 1.92. The molecule has 1 unspecified atom stereocenters. The zero-order chi connectivity index (χ0) is 21.8. The Hall–Kier alpha value is -2.39. The van der Waals surface area contributed by atoms with E-state index in [1.807, 2.05) is 23.9 Å². The van der Waals surface area contributed by atoms with E-state index in [0.717, 1.165) is 13.1 Å². The second-order valence-electron chi connectivity index (χ2n) is 6.62. The van der Waals surface area contributed by atoms with Crippen molar-refractivity contribution in [3.8, 4) is 0 Å². The van der Waals surface area contributed by atoms with Crippen LogP contribution < -0.4 is 5.32 Å². The lowest BCUT2D eigenvalue weighted by Crippen LogP contribution is -2.21. The number of nitrogens with zero attached hydrogens (tertiary/aromatic N) is 2. The van der Waals surface area contributed by atoms with Crippen LogP contribution in [0.2, 0.25) is 0 Å². The molecule has 0 amide bonds. The summed E-state index contributed by atoms with van der Waals surface area (Å²) in [5.41, 5.74) is 4.02. The van der Waals surface area contributed by atoms with Crippen LogP contribution in [0.15, 0.2) is 30.7 Å². The fourth-order valence-electron chi connectivity index (χ4n) is 2.95. The number of imidazole rings is 1. The zero-order valence-corrected chi connectivity index (χ0v) is 17.5. The molecule has 0 radical (unpaired) electrons. The molecule has 9 heteroatoms. The highest BCUT2D eigenvalue weighted by molar-refractivity contribution is 7.19. The van der Waals surface area contributed by atoms with Gasteiger partial charge in [0.15, 0.2) is 0 Å². The first-order valence-corrected chi connectivity index (χ1v) is 9.89. The largest absolute Gasteiger partial charge is 0.490 e. The number of carboxylic acid groups (broad SMARTS) is 1. The monoisotopic (exact) mass is 427 g/mol. The smallest absolute Gasteiger partial charge is 0.475 e. The second kappa shape index (κ2) is 9.41. The predicted octanol–water partition coefficient (Wildman–Crippen LogP) is 5.22. The molecule has 2 heterocycles. The van der Waals surface area contributed by atoms with Gasteiger partial charge in [-0.05, 0) is 44.2 Å². The van der Waals surface area contributed by atoms with Crippen molar-refractivity contribution >= 4 is 27.4 Å². The maximum atomic E-state index is 10.6. The Balaban J connectivity index is 0.000000370. The Kier molecular flexibility index (Phi) is 7.43. The lowest BCUT2D eigenvalue weighted by molar-refractivity contribution is -0.192. The molecule has 0 bridgehead atoms. The number of halogens is 3. The molecule has 2 N–H and O–H groups in total. The number of thiophene rings is 1. The van der Waals surface area contributed by atoms with Gasteiger partial charge in [-0.1, -0.05) is 18.2 Å². The van der Waals surface area contributed by atoms with Gasteiger partial charge in [-0.2, -0.15) is 13.2 Å². The molecule has 0 aliphatic heterocycles. The number of aliphatic carboxylic acids is 1. The zero-order valence-electron chi connectivity index (χ0n) is 16.7. The second-order valence-corrected chi connectivity index (χ2v) is 7.67. The van der Waals surface area contributed by atoms with Gasteiger partial charge in [0, 0.05) is 34.9 Å². The van der Waals surface area contributed by atoms with Crippen molar-refractivity contribution in [1.82, 2.24) is 14.9 Å². The van der Waals surface area contributed by atoms with Gasteiger partial charge < -0.3 is 15.0 Å². The van der Waals surface area contributed by atoms with Crippen molar-refractivity contribution in [2.45, 2.75) is 53.0 Å². The van der Waals surface area contributed by atoms with Gasteiger partial charge in [0.1, 0.15) is 0 Å². The number of carbonyl (C=O) groups is 1. The maximum Gasteiger partial charge on any atom is 0.490 e. The molecule has 0 aliphatic carbocycles. The molecule has 1 aromatic carbocycles. The van der Waals surface area contributed by atoms with Crippen molar-refractivity contribution in [3.63, 3.8) is 0 Å². The lowest BCUT2D eigenvalue weighted by Gasteiger charge is -2.14. The topological polar surface area (TPSA) is 67.2 Å². The van der Waals surface area contributed by atoms with Gasteiger partial charge in [0.05, 0.1) is 12.0 Å². The quantitative estimate of drug-likeness (QED) is 0.586. The van der Waals surface area contributed by atoms with E-state index in [-0.39, 0.29) is 0 Å². The molecule has 158 valence electrons. The van der Waals surface area contributed by atoms with Crippen molar-refractivity contribution in [2.75, 3.05) is 0 Å². The van der Waals surface area contributed by atoms with Crippen LogP contribution in [0.5, 0.6) is 0 Å². The van der Waals surface area contributed by atoms with Crippen LogP contribution in [-0.2, 0) is 17.9 Å². The molecule has 3 rings (SSSR count). The molecule has 0 fully saturated rings. The highest BCUT2D eigenvalue weighted by atomic mass is 32.1.